The van der Waals surface area contributed by atoms with Crippen molar-refractivity contribution >= 4 is 5.91 Å². The van der Waals surface area contributed by atoms with Crippen LogP contribution in [-0.2, 0) is 6.42 Å². The van der Waals surface area contributed by atoms with Gasteiger partial charge in [-0.3, -0.25) is 4.79 Å². The molecular weight excluding hydrogens is 240 g/mol. The van der Waals surface area contributed by atoms with Gasteiger partial charge in [-0.1, -0.05) is 18.2 Å². The van der Waals surface area contributed by atoms with Gasteiger partial charge in [0, 0.05) is 25.8 Å². The second-order valence-electron chi connectivity index (χ2n) is 4.71. The molecule has 0 aliphatic rings. The molecule has 1 aromatic carbocycles. The first-order chi connectivity index (χ1) is 9.20. The van der Waals surface area contributed by atoms with Crippen molar-refractivity contribution in [2.24, 2.45) is 5.73 Å². The van der Waals surface area contributed by atoms with Crippen LogP contribution < -0.4 is 5.73 Å². The topological polar surface area (TPSA) is 66.6 Å². The Morgan fingerprint density at radius 2 is 2.00 bits per heavy atom. The Hall–Kier alpha value is -1.39. The van der Waals surface area contributed by atoms with Gasteiger partial charge in [0.05, 0.1) is 0 Å². The number of hydrogen-bond acceptors (Lipinski definition) is 3. The van der Waals surface area contributed by atoms with Gasteiger partial charge >= 0.3 is 0 Å². The Labute approximate surface area is 115 Å². The van der Waals surface area contributed by atoms with Crippen molar-refractivity contribution in [3.05, 3.63) is 35.4 Å². The summed E-state index contributed by atoms with van der Waals surface area (Å²) in [6, 6.07) is 7.63. The van der Waals surface area contributed by atoms with E-state index < -0.39 is 0 Å². The zero-order chi connectivity index (χ0) is 14.1. The van der Waals surface area contributed by atoms with E-state index in [1.165, 1.54) is 0 Å². The van der Waals surface area contributed by atoms with E-state index in [0.717, 1.165) is 43.4 Å². The summed E-state index contributed by atoms with van der Waals surface area (Å²) < 4.78 is 0. The molecule has 0 aliphatic heterocycles. The third kappa shape index (κ3) is 5.01. The molecule has 0 saturated carbocycles. The maximum absolute atomic E-state index is 12.3. The highest BCUT2D eigenvalue weighted by atomic mass is 16.2. The third-order valence-corrected chi connectivity index (χ3v) is 3.16. The van der Waals surface area contributed by atoms with Crippen molar-refractivity contribution in [1.82, 2.24) is 4.90 Å². The molecule has 0 radical (unpaired) electrons. The average Bonchev–Trinajstić information content (AvgIpc) is 2.43. The number of unbranched alkanes of at least 4 members (excludes halogenated alkanes) is 2. The predicted molar refractivity (Wildman–Crippen MR) is 77.1 cm³/mol. The van der Waals surface area contributed by atoms with Crippen LogP contribution in [0, 0.1) is 0 Å². The summed E-state index contributed by atoms with van der Waals surface area (Å²) in [7, 11) is 1.82. The van der Waals surface area contributed by atoms with E-state index in [2.05, 4.69) is 0 Å². The van der Waals surface area contributed by atoms with Gasteiger partial charge in [-0.2, -0.15) is 0 Å². The fraction of sp³-hybridized carbons (Fsp3) is 0.533. The summed E-state index contributed by atoms with van der Waals surface area (Å²) in [5.74, 6) is 0.0491. The molecule has 1 rings (SSSR count). The van der Waals surface area contributed by atoms with E-state index in [0.29, 0.717) is 6.54 Å². The first kappa shape index (κ1) is 15.7. The van der Waals surface area contributed by atoms with Gasteiger partial charge in [-0.25, -0.2) is 0 Å². The Kier molecular flexibility index (Phi) is 7.15. The van der Waals surface area contributed by atoms with Crippen molar-refractivity contribution in [3.8, 4) is 0 Å². The Balaban J connectivity index is 2.60. The average molecular weight is 264 g/mol. The zero-order valence-electron chi connectivity index (χ0n) is 11.6. The van der Waals surface area contributed by atoms with E-state index in [4.69, 9.17) is 10.8 Å². The first-order valence-electron chi connectivity index (χ1n) is 6.85. The molecule has 0 spiro atoms. The monoisotopic (exact) mass is 264 g/mol. The summed E-state index contributed by atoms with van der Waals surface area (Å²) >= 11 is 0. The SMILES string of the molecule is CN(CCCCCO)C(=O)c1ccccc1CCN. The molecule has 0 fully saturated rings. The highest BCUT2D eigenvalue weighted by molar-refractivity contribution is 5.95. The molecule has 0 saturated heterocycles. The van der Waals surface area contributed by atoms with Crippen LogP contribution in [0.2, 0.25) is 0 Å². The highest BCUT2D eigenvalue weighted by Crippen LogP contribution is 2.12. The zero-order valence-corrected chi connectivity index (χ0v) is 11.6. The highest BCUT2D eigenvalue weighted by Gasteiger charge is 2.14. The molecule has 0 heterocycles. The van der Waals surface area contributed by atoms with Crippen LogP contribution in [0.15, 0.2) is 24.3 Å². The maximum atomic E-state index is 12.3. The normalized spacial score (nSPS) is 10.5. The van der Waals surface area contributed by atoms with Gasteiger partial charge < -0.3 is 15.7 Å². The number of hydrogen-bond donors (Lipinski definition) is 2. The van der Waals surface area contributed by atoms with Crippen LogP contribution >= 0.6 is 0 Å². The number of aliphatic hydroxyl groups excluding tert-OH is 1. The number of aliphatic hydroxyl groups is 1. The smallest absolute Gasteiger partial charge is 0.253 e. The number of carbonyl (C=O) groups is 1. The molecule has 1 aromatic rings. The van der Waals surface area contributed by atoms with E-state index in [1.807, 2.05) is 31.3 Å². The summed E-state index contributed by atoms with van der Waals surface area (Å²) in [5.41, 5.74) is 7.33. The second-order valence-corrected chi connectivity index (χ2v) is 4.71. The van der Waals surface area contributed by atoms with E-state index >= 15 is 0 Å². The summed E-state index contributed by atoms with van der Waals surface area (Å²) in [5, 5.41) is 8.72. The standard InChI is InChI=1S/C15H24N2O2/c1-17(11-5-2-6-12-18)15(19)14-8-4-3-7-13(14)9-10-16/h3-4,7-8,18H,2,5-6,9-12,16H2,1H3. The van der Waals surface area contributed by atoms with Crippen LogP contribution in [0.5, 0.6) is 0 Å². The van der Waals surface area contributed by atoms with Crippen LogP contribution in [-0.4, -0.2) is 42.7 Å². The fourth-order valence-electron chi connectivity index (χ4n) is 2.05. The molecule has 106 valence electrons. The van der Waals surface area contributed by atoms with Crippen molar-refractivity contribution < 1.29 is 9.90 Å². The van der Waals surface area contributed by atoms with Crippen molar-refractivity contribution in [3.63, 3.8) is 0 Å². The van der Waals surface area contributed by atoms with Gasteiger partial charge in [0.1, 0.15) is 0 Å². The maximum Gasteiger partial charge on any atom is 0.253 e. The molecule has 0 unspecified atom stereocenters. The second kappa shape index (κ2) is 8.67. The summed E-state index contributed by atoms with van der Waals surface area (Å²) in [6.45, 7) is 1.48. The molecular formula is C15H24N2O2. The molecule has 19 heavy (non-hydrogen) atoms. The van der Waals surface area contributed by atoms with Gasteiger partial charge in [-0.05, 0) is 43.9 Å². The van der Waals surface area contributed by atoms with Gasteiger partial charge in [-0.15, -0.1) is 0 Å². The number of nitrogens with zero attached hydrogens (tertiary/aromatic N) is 1. The van der Waals surface area contributed by atoms with Crippen LogP contribution in [0.25, 0.3) is 0 Å². The van der Waals surface area contributed by atoms with E-state index in [1.54, 1.807) is 4.90 Å². The lowest BCUT2D eigenvalue weighted by molar-refractivity contribution is 0.0791. The minimum Gasteiger partial charge on any atom is -0.396 e. The molecule has 4 nitrogen and oxygen atoms in total. The fourth-order valence-corrected chi connectivity index (χ4v) is 2.05. The largest absolute Gasteiger partial charge is 0.396 e. The Bertz CT molecular complexity index is 393. The summed E-state index contributed by atoms with van der Waals surface area (Å²) in [4.78, 5) is 14.1. The van der Waals surface area contributed by atoms with Gasteiger partial charge in [0.25, 0.3) is 5.91 Å². The molecule has 4 heteroatoms. The molecule has 0 aromatic heterocycles. The quantitative estimate of drug-likeness (QED) is 0.698. The molecule has 0 bridgehead atoms. The Morgan fingerprint density at radius 3 is 2.68 bits per heavy atom. The number of nitrogens with two attached hydrogens (primary N) is 1. The van der Waals surface area contributed by atoms with Crippen LogP contribution in [0.4, 0.5) is 0 Å². The van der Waals surface area contributed by atoms with Gasteiger partial charge in [0.15, 0.2) is 0 Å². The van der Waals surface area contributed by atoms with Crippen LogP contribution in [0.1, 0.15) is 35.2 Å². The van der Waals surface area contributed by atoms with Crippen molar-refractivity contribution in [2.45, 2.75) is 25.7 Å². The lowest BCUT2D eigenvalue weighted by Gasteiger charge is -2.19. The van der Waals surface area contributed by atoms with Crippen molar-refractivity contribution in [2.75, 3.05) is 26.7 Å². The molecule has 0 atom stereocenters. The molecule has 3 N–H and O–H groups in total. The number of carbonyl (C=O) groups excluding carboxylic acids is 1. The first-order valence-corrected chi connectivity index (χ1v) is 6.85. The minimum atomic E-state index is 0.0491. The number of amides is 1. The molecule has 0 aliphatic carbocycles. The Morgan fingerprint density at radius 1 is 1.26 bits per heavy atom. The number of benzene rings is 1. The minimum absolute atomic E-state index is 0.0491. The lowest BCUT2D eigenvalue weighted by atomic mass is 10.0. The third-order valence-electron chi connectivity index (χ3n) is 3.16. The van der Waals surface area contributed by atoms with Crippen LogP contribution in [0.3, 0.4) is 0 Å². The predicted octanol–water partition coefficient (Wildman–Crippen LogP) is 1.42. The van der Waals surface area contributed by atoms with E-state index in [-0.39, 0.29) is 12.5 Å². The summed E-state index contributed by atoms with van der Waals surface area (Å²) in [6.07, 6.45) is 3.38. The molecule has 1 amide bonds. The number of rotatable bonds is 8. The van der Waals surface area contributed by atoms with E-state index in [9.17, 15) is 4.79 Å². The van der Waals surface area contributed by atoms with Gasteiger partial charge in [0.2, 0.25) is 0 Å². The van der Waals surface area contributed by atoms with Crippen molar-refractivity contribution in [1.29, 1.82) is 0 Å². The lowest BCUT2D eigenvalue weighted by Crippen LogP contribution is -2.29.